The van der Waals surface area contributed by atoms with Gasteiger partial charge in [-0.15, -0.1) is 0 Å². The Labute approximate surface area is 176 Å². The number of rotatable bonds is 4. The summed E-state index contributed by atoms with van der Waals surface area (Å²) >= 11 is 0. The van der Waals surface area contributed by atoms with Crippen molar-refractivity contribution in [2.24, 2.45) is 11.8 Å². The summed E-state index contributed by atoms with van der Waals surface area (Å²) in [5.74, 6) is 1.61. The average Bonchev–Trinajstić information content (AvgIpc) is 3.46. The minimum atomic E-state index is 0.177. The second-order valence-electron chi connectivity index (χ2n) is 8.87. The van der Waals surface area contributed by atoms with Crippen LogP contribution in [-0.2, 0) is 13.0 Å². The highest BCUT2D eigenvalue weighted by Crippen LogP contribution is 2.36. The Bertz CT molecular complexity index is 1120. The Balaban J connectivity index is 1.19. The number of hydrogen-bond acceptors (Lipinski definition) is 4. The van der Waals surface area contributed by atoms with Crippen molar-refractivity contribution in [1.29, 1.82) is 0 Å². The van der Waals surface area contributed by atoms with E-state index in [1.54, 1.807) is 0 Å². The molecule has 2 saturated heterocycles. The molecule has 0 aliphatic carbocycles. The highest BCUT2D eigenvalue weighted by Gasteiger charge is 2.39. The first-order valence-corrected chi connectivity index (χ1v) is 11.0. The summed E-state index contributed by atoms with van der Waals surface area (Å²) in [7, 11) is 0. The van der Waals surface area contributed by atoms with E-state index in [-0.39, 0.29) is 5.91 Å². The lowest BCUT2D eigenvalue weighted by molar-refractivity contribution is 0.0780. The highest BCUT2D eigenvalue weighted by molar-refractivity contribution is 6.03. The van der Waals surface area contributed by atoms with Crippen LogP contribution in [0.3, 0.4) is 0 Å². The molecule has 1 N–H and O–H groups in total. The predicted molar refractivity (Wildman–Crippen MR) is 119 cm³/mol. The predicted octanol–water partition coefficient (Wildman–Crippen LogP) is 3.09. The third kappa shape index (κ3) is 2.96. The number of nitrogens with one attached hydrogen (secondary N) is 1. The topological polar surface area (TPSA) is 48.5 Å². The van der Waals surface area contributed by atoms with Crippen molar-refractivity contribution in [3.05, 3.63) is 71.4 Å². The Hall–Kier alpha value is -2.92. The molecule has 30 heavy (non-hydrogen) atoms. The van der Waals surface area contributed by atoms with Crippen LogP contribution in [0.25, 0.3) is 10.9 Å². The number of fused-ring (bicyclic) bond motifs is 3. The molecular formula is C25H26N4O. The highest BCUT2D eigenvalue weighted by atomic mass is 16.2. The minimum absolute atomic E-state index is 0.177. The van der Waals surface area contributed by atoms with E-state index in [9.17, 15) is 4.79 Å². The third-order valence-electron chi connectivity index (χ3n) is 7.02. The molecule has 0 radical (unpaired) electrons. The van der Waals surface area contributed by atoms with Crippen molar-refractivity contribution in [2.45, 2.75) is 13.0 Å². The van der Waals surface area contributed by atoms with E-state index < -0.39 is 0 Å². The number of amides is 1. The van der Waals surface area contributed by atoms with E-state index in [0.717, 1.165) is 60.4 Å². The van der Waals surface area contributed by atoms with Crippen LogP contribution in [0.5, 0.6) is 0 Å². The van der Waals surface area contributed by atoms with E-state index in [2.05, 4.69) is 46.6 Å². The van der Waals surface area contributed by atoms with Gasteiger partial charge in [-0.3, -0.25) is 9.78 Å². The summed E-state index contributed by atoms with van der Waals surface area (Å²) in [5.41, 5.74) is 5.29. The molecule has 152 valence electrons. The number of carbonyl (C=O) groups excluding carboxylic acids is 1. The molecule has 0 bridgehead atoms. The number of nitrogens with zero attached hydrogens (tertiary/aromatic N) is 3. The van der Waals surface area contributed by atoms with Gasteiger partial charge in [0.05, 0.1) is 11.1 Å². The van der Waals surface area contributed by atoms with Gasteiger partial charge >= 0.3 is 0 Å². The van der Waals surface area contributed by atoms with Crippen LogP contribution in [0, 0.1) is 11.8 Å². The fourth-order valence-electron chi connectivity index (χ4n) is 5.39. The van der Waals surface area contributed by atoms with E-state index >= 15 is 0 Å². The lowest BCUT2D eigenvalue weighted by atomic mass is 10.0. The van der Waals surface area contributed by atoms with Crippen LogP contribution < -0.4 is 10.2 Å². The van der Waals surface area contributed by atoms with Gasteiger partial charge in [-0.1, -0.05) is 36.4 Å². The second-order valence-corrected chi connectivity index (χ2v) is 8.87. The maximum Gasteiger partial charge on any atom is 0.256 e. The third-order valence-corrected chi connectivity index (χ3v) is 7.02. The number of pyridine rings is 1. The SMILES string of the molecule is O=C1c2c(cccc2N2CC3CNCC3C2)CN1CCc1ccc2ccccc2n1. The maximum absolute atomic E-state index is 13.3. The van der Waals surface area contributed by atoms with Gasteiger partial charge in [0.25, 0.3) is 5.91 Å². The van der Waals surface area contributed by atoms with Gasteiger partial charge in [-0.25, -0.2) is 0 Å². The van der Waals surface area contributed by atoms with Gasteiger partial charge in [0.2, 0.25) is 0 Å². The molecule has 0 saturated carbocycles. The summed E-state index contributed by atoms with van der Waals surface area (Å²) < 4.78 is 0. The Morgan fingerprint density at radius 3 is 2.67 bits per heavy atom. The molecule has 3 aliphatic rings. The van der Waals surface area contributed by atoms with Crippen molar-refractivity contribution >= 4 is 22.5 Å². The van der Waals surface area contributed by atoms with Crippen molar-refractivity contribution in [3.63, 3.8) is 0 Å². The van der Waals surface area contributed by atoms with Crippen molar-refractivity contribution in [2.75, 3.05) is 37.6 Å². The monoisotopic (exact) mass is 398 g/mol. The standard InChI is InChI=1S/C25H26N4O/c30-25-24-18(5-3-7-23(24)29-15-19-12-26-13-20(19)16-29)14-28(25)11-10-21-9-8-17-4-1-2-6-22(17)27-21/h1-9,19-20,26H,10-16H2. The Morgan fingerprint density at radius 1 is 0.967 bits per heavy atom. The van der Waals surface area contributed by atoms with Gasteiger partial charge in [0.15, 0.2) is 0 Å². The molecule has 5 nitrogen and oxygen atoms in total. The van der Waals surface area contributed by atoms with Crippen LogP contribution in [0.1, 0.15) is 21.6 Å². The molecule has 2 fully saturated rings. The zero-order valence-corrected chi connectivity index (χ0v) is 17.1. The van der Waals surface area contributed by atoms with E-state index in [0.29, 0.717) is 24.9 Å². The minimum Gasteiger partial charge on any atom is -0.370 e. The van der Waals surface area contributed by atoms with Crippen LogP contribution in [0.15, 0.2) is 54.6 Å². The van der Waals surface area contributed by atoms with Gasteiger partial charge in [-0.2, -0.15) is 0 Å². The van der Waals surface area contributed by atoms with E-state index in [4.69, 9.17) is 4.98 Å². The van der Waals surface area contributed by atoms with Gasteiger partial charge < -0.3 is 15.1 Å². The molecule has 3 aromatic rings. The molecule has 2 aromatic carbocycles. The summed E-state index contributed by atoms with van der Waals surface area (Å²) in [6.45, 7) is 5.74. The second kappa shape index (κ2) is 7.10. The number of benzene rings is 2. The fourth-order valence-corrected chi connectivity index (χ4v) is 5.39. The number of hydrogen-bond donors (Lipinski definition) is 1. The van der Waals surface area contributed by atoms with E-state index in [1.807, 2.05) is 23.1 Å². The maximum atomic E-state index is 13.3. The summed E-state index contributed by atoms with van der Waals surface area (Å²) in [6, 6.07) is 18.7. The van der Waals surface area contributed by atoms with Crippen molar-refractivity contribution in [3.8, 4) is 0 Å². The Kier molecular flexibility index (Phi) is 4.23. The first kappa shape index (κ1) is 17.9. The lowest BCUT2D eigenvalue weighted by Crippen LogP contribution is -2.29. The van der Waals surface area contributed by atoms with Gasteiger partial charge in [0.1, 0.15) is 0 Å². The molecule has 0 spiro atoms. The zero-order chi connectivity index (χ0) is 20.1. The van der Waals surface area contributed by atoms with Crippen LogP contribution in [0.4, 0.5) is 5.69 Å². The van der Waals surface area contributed by atoms with Crippen molar-refractivity contribution < 1.29 is 4.79 Å². The molecule has 1 amide bonds. The quantitative estimate of drug-likeness (QED) is 0.734. The van der Waals surface area contributed by atoms with Crippen LogP contribution in [0.2, 0.25) is 0 Å². The van der Waals surface area contributed by atoms with Crippen LogP contribution in [-0.4, -0.2) is 48.5 Å². The summed E-state index contributed by atoms with van der Waals surface area (Å²) in [6.07, 6.45) is 0.777. The van der Waals surface area contributed by atoms with Crippen LogP contribution >= 0.6 is 0 Å². The number of aromatic nitrogens is 1. The van der Waals surface area contributed by atoms with Gasteiger partial charge in [-0.05, 0) is 35.6 Å². The number of para-hydroxylation sites is 1. The normalized spacial score (nSPS) is 22.7. The average molecular weight is 399 g/mol. The molecule has 6 rings (SSSR count). The molecule has 1 aromatic heterocycles. The summed E-state index contributed by atoms with van der Waals surface area (Å²) in [5, 5.41) is 4.65. The summed E-state index contributed by atoms with van der Waals surface area (Å²) in [4.78, 5) is 22.5. The largest absolute Gasteiger partial charge is 0.370 e. The first-order chi connectivity index (χ1) is 14.8. The van der Waals surface area contributed by atoms with E-state index in [1.165, 1.54) is 5.56 Å². The molecule has 5 heteroatoms. The zero-order valence-electron chi connectivity index (χ0n) is 17.1. The Morgan fingerprint density at radius 2 is 1.80 bits per heavy atom. The lowest BCUT2D eigenvalue weighted by Gasteiger charge is -2.22. The smallest absolute Gasteiger partial charge is 0.256 e. The molecule has 3 aliphatic heterocycles. The van der Waals surface area contributed by atoms with Gasteiger partial charge in [0, 0.05) is 62.5 Å². The first-order valence-electron chi connectivity index (χ1n) is 11.0. The number of carbonyl (C=O) groups is 1. The molecule has 2 unspecified atom stereocenters. The molecular weight excluding hydrogens is 372 g/mol. The molecule has 4 heterocycles. The van der Waals surface area contributed by atoms with Crippen molar-refractivity contribution in [1.82, 2.24) is 15.2 Å². The molecule has 2 atom stereocenters. The number of anilines is 1. The fraction of sp³-hybridized carbons (Fsp3) is 0.360.